The molecule has 0 fully saturated rings. The molecule has 0 aliphatic rings. The standard InChI is InChI=1S/C8H18O.C7H16/c1-3-5-7-9-8-6-4-2;1-3-5-7-6-4-2/h3-8H2,1-2H3;3-7H2,1-2H3. The van der Waals surface area contributed by atoms with Crippen LogP contribution in [0, 0.1) is 0 Å². The third-order valence-corrected chi connectivity index (χ3v) is 2.49. The maximum atomic E-state index is 5.31. The summed E-state index contributed by atoms with van der Waals surface area (Å²) < 4.78 is 5.31. The molecule has 0 radical (unpaired) electrons. The molecule has 0 saturated carbocycles. The topological polar surface area (TPSA) is 9.23 Å². The number of hydrogen-bond acceptors (Lipinski definition) is 1. The van der Waals surface area contributed by atoms with Crippen molar-refractivity contribution in [2.45, 2.75) is 85.5 Å². The van der Waals surface area contributed by atoms with E-state index in [1.807, 2.05) is 0 Å². The molecule has 0 aromatic rings. The zero-order valence-electron chi connectivity index (χ0n) is 12.2. The van der Waals surface area contributed by atoms with Gasteiger partial charge in [0.05, 0.1) is 0 Å². The Kier molecular flexibility index (Phi) is 23.3. The van der Waals surface area contributed by atoms with Crippen molar-refractivity contribution in [1.82, 2.24) is 0 Å². The highest BCUT2D eigenvalue weighted by atomic mass is 16.5. The maximum Gasteiger partial charge on any atom is 0.0465 e. The molecule has 0 bridgehead atoms. The Morgan fingerprint density at radius 1 is 0.500 bits per heavy atom. The first-order valence-corrected chi connectivity index (χ1v) is 7.41. The Hall–Kier alpha value is -0.0400. The molecule has 0 atom stereocenters. The van der Waals surface area contributed by atoms with E-state index >= 15 is 0 Å². The summed E-state index contributed by atoms with van der Waals surface area (Å²) in [7, 11) is 0. The average Bonchev–Trinajstić information content (AvgIpc) is 2.31. The van der Waals surface area contributed by atoms with Crippen LogP contribution in [0.15, 0.2) is 0 Å². The van der Waals surface area contributed by atoms with Gasteiger partial charge in [0.1, 0.15) is 0 Å². The maximum absolute atomic E-state index is 5.31. The molecule has 0 amide bonds. The molecule has 0 spiro atoms. The second-order valence-electron chi connectivity index (χ2n) is 4.38. The fraction of sp³-hybridized carbons (Fsp3) is 1.00. The van der Waals surface area contributed by atoms with Crippen molar-refractivity contribution >= 4 is 0 Å². The van der Waals surface area contributed by atoms with Gasteiger partial charge < -0.3 is 4.74 Å². The Balaban J connectivity index is 0. The largest absolute Gasteiger partial charge is 0.381 e. The predicted octanol–water partition coefficient (Wildman–Crippen LogP) is 5.58. The number of unbranched alkanes of at least 4 members (excludes halogenated alkanes) is 6. The minimum atomic E-state index is 0.955. The smallest absolute Gasteiger partial charge is 0.0465 e. The van der Waals surface area contributed by atoms with Crippen LogP contribution in [0.4, 0.5) is 0 Å². The number of ether oxygens (including phenoxy) is 1. The van der Waals surface area contributed by atoms with Crippen molar-refractivity contribution in [2.24, 2.45) is 0 Å². The lowest BCUT2D eigenvalue weighted by Crippen LogP contribution is -1.95. The van der Waals surface area contributed by atoms with Gasteiger partial charge in [-0.3, -0.25) is 0 Å². The molecular formula is C15H34O. The van der Waals surface area contributed by atoms with Gasteiger partial charge in [-0.1, -0.05) is 72.6 Å². The summed E-state index contributed by atoms with van der Waals surface area (Å²) in [4.78, 5) is 0. The van der Waals surface area contributed by atoms with Gasteiger partial charge in [0, 0.05) is 13.2 Å². The average molecular weight is 230 g/mol. The van der Waals surface area contributed by atoms with E-state index in [2.05, 4.69) is 27.7 Å². The van der Waals surface area contributed by atoms with E-state index in [1.54, 1.807) is 0 Å². The Morgan fingerprint density at radius 3 is 1.19 bits per heavy atom. The van der Waals surface area contributed by atoms with Crippen LogP contribution in [0.3, 0.4) is 0 Å². The molecule has 0 aromatic carbocycles. The van der Waals surface area contributed by atoms with Gasteiger partial charge in [0.25, 0.3) is 0 Å². The van der Waals surface area contributed by atoms with Crippen molar-refractivity contribution in [1.29, 1.82) is 0 Å². The Morgan fingerprint density at radius 2 is 0.875 bits per heavy atom. The Labute approximate surface area is 104 Å². The van der Waals surface area contributed by atoms with Gasteiger partial charge in [0.2, 0.25) is 0 Å². The van der Waals surface area contributed by atoms with Crippen LogP contribution in [-0.2, 0) is 4.74 Å². The summed E-state index contributed by atoms with van der Waals surface area (Å²) in [5.74, 6) is 0. The molecule has 0 aliphatic carbocycles. The fourth-order valence-corrected chi connectivity index (χ4v) is 1.27. The van der Waals surface area contributed by atoms with Crippen LogP contribution in [0.25, 0.3) is 0 Å². The monoisotopic (exact) mass is 230 g/mol. The molecule has 0 heterocycles. The molecular weight excluding hydrogens is 196 g/mol. The molecule has 0 rings (SSSR count). The van der Waals surface area contributed by atoms with Gasteiger partial charge in [-0.15, -0.1) is 0 Å². The highest BCUT2D eigenvalue weighted by molar-refractivity contribution is 4.36. The van der Waals surface area contributed by atoms with E-state index in [0.717, 1.165) is 13.2 Å². The normalized spacial score (nSPS) is 9.75. The molecule has 100 valence electrons. The van der Waals surface area contributed by atoms with Crippen molar-refractivity contribution in [2.75, 3.05) is 13.2 Å². The molecule has 1 heteroatoms. The highest BCUT2D eigenvalue weighted by Crippen LogP contribution is 2.00. The highest BCUT2D eigenvalue weighted by Gasteiger charge is 1.84. The predicted molar refractivity (Wildman–Crippen MR) is 75.1 cm³/mol. The first-order valence-electron chi connectivity index (χ1n) is 7.41. The second kappa shape index (κ2) is 20.4. The zero-order valence-corrected chi connectivity index (χ0v) is 12.2. The summed E-state index contributed by atoms with van der Waals surface area (Å²) in [6.45, 7) is 10.8. The molecule has 0 aliphatic heterocycles. The minimum Gasteiger partial charge on any atom is -0.381 e. The van der Waals surface area contributed by atoms with Gasteiger partial charge in [-0.05, 0) is 12.8 Å². The van der Waals surface area contributed by atoms with Crippen molar-refractivity contribution < 1.29 is 4.74 Å². The molecule has 0 unspecified atom stereocenters. The van der Waals surface area contributed by atoms with E-state index < -0.39 is 0 Å². The van der Waals surface area contributed by atoms with Crippen LogP contribution in [0.2, 0.25) is 0 Å². The molecule has 16 heavy (non-hydrogen) atoms. The van der Waals surface area contributed by atoms with Crippen molar-refractivity contribution in [3.63, 3.8) is 0 Å². The second-order valence-corrected chi connectivity index (χ2v) is 4.38. The van der Waals surface area contributed by atoms with Gasteiger partial charge >= 0.3 is 0 Å². The third kappa shape index (κ3) is 23.6. The van der Waals surface area contributed by atoms with Crippen LogP contribution < -0.4 is 0 Å². The lowest BCUT2D eigenvalue weighted by molar-refractivity contribution is 0.128. The van der Waals surface area contributed by atoms with Crippen LogP contribution in [0.5, 0.6) is 0 Å². The van der Waals surface area contributed by atoms with Gasteiger partial charge in [-0.2, -0.15) is 0 Å². The van der Waals surface area contributed by atoms with Crippen LogP contribution in [0.1, 0.15) is 85.5 Å². The summed E-state index contributed by atoms with van der Waals surface area (Å²) in [6, 6.07) is 0. The van der Waals surface area contributed by atoms with Crippen LogP contribution >= 0.6 is 0 Å². The lowest BCUT2D eigenvalue weighted by Gasteiger charge is -1.99. The third-order valence-electron chi connectivity index (χ3n) is 2.49. The Bertz CT molecular complexity index is 81.4. The van der Waals surface area contributed by atoms with E-state index in [0.29, 0.717) is 0 Å². The van der Waals surface area contributed by atoms with Gasteiger partial charge in [0.15, 0.2) is 0 Å². The first kappa shape index (κ1) is 18.3. The zero-order chi connectivity index (χ0) is 12.5. The summed E-state index contributed by atoms with van der Waals surface area (Å²) in [5.41, 5.74) is 0. The summed E-state index contributed by atoms with van der Waals surface area (Å²) in [6.07, 6.45) is 11.9. The molecule has 0 N–H and O–H groups in total. The number of hydrogen-bond donors (Lipinski definition) is 0. The molecule has 0 aromatic heterocycles. The van der Waals surface area contributed by atoms with Crippen LogP contribution in [-0.4, -0.2) is 13.2 Å². The summed E-state index contributed by atoms with van der Waals surface area (Å²) in [5, 5.41) is 0. The fourth-order valence-electron chi connectivity index (χ4n) is 1.27. The lowest BCUT2D eigenvalue weighted by atomic mass is 10.2. The molecule has 1 nitrogen and oxygen atoms in total. The SMILES string of the molecule is CCCCCCC.CCCCOCCCC. The quantitative estimate of drug-likeness (QED) is 0.445. The molecule has 0 saturated heterocycles. The van der Waals surface area contributed by atoms with Gasteiger partial charge in [-0.25, -0.2) is 0 Å². The van der Waals surface area contributed by atoms with Crippen molar-refractivity contribution in [3.8, 4) is 0 Å². The van der Waals surface area contributed by atoms with E-state index in [9.17, 15) is 0 Å². The minimum absolute atomic E-state index is 0.955. The number of rotatable bonds is 10. The van der Waals surface area contributed by atoms with E-state index in [1.165, 1.54) is 57.8 Å². The van der Waals surface area contributed by atoms with E-state index in [4.69, 9.17) is 4.74 Å². The first-order chi connectivity index (χ1) is 7.83. The van der Waals surface area contributed by atoms with Crippen molar-refractivity contribution in [3.05, 3.63) is 0 Å². The summed E-state index contributed by atoms with van der Waals surface area (Å²) >= 11 is 0. The van der Waals surface area contributed by atoms with E-state index in [-0.39, 0.29) is 0 Å².